The van der Waals surface area contributed by atoms with Gasteiger partial charge in [-0.15, -0.1) is 0 Å². The predicted octanol–water partition coefficient (Wildman–Crippen LogP) is 1.43. The molecule has 2 atom stereocenters. The van der Waals surface area contributed by atoms with E-state index in [9.17, 15) is 19.7 Å². The van der Waals surface area contributed by atoms with Crippen LogP contribution in [0.4, 0.5) is 5.69 Å². The molecule has 120 valence electrons. The molecule has 1 unspecified atom stereocenters. The molecule has 0 saturated carbocycles. The van der Waals surface area contributed by atoms with Gasteiger partial charge in [-0.2, -0.15) is 0 Å². The molecule has 0 radical (unpaired) electrons. The Morgan fingerprint density at radius 2 is 1.77 bits per heavy atom. The molecule has 0 amide bonds. The standard InChI is InChI=1S/C14H18N2O6/c1-14(2,3)22-13(19)10(11(15)12(17)18)8-4-6-9(7-5-8)16(20)21/h4-7,10-11H,15H2,1-3H3,(H,17,18)/t10?,11-/m1/s1. The maximum absolute atomic E-state index is 12.2. The Labute approximate surface area is 127 Å². The monoisotopic (exact) mass is 310 g/mol. The van der Waals surface area contributed by atoms with Crippen LogP contribution in [0.2, 0.25) is 0 Å². The number of nitrogens with two attached hydrogens (primary N) is 1. The summed E-state index contributed by atoms with van der Waals surface area (Å²) in [6, 6.07) is 3.45. The first-order valence-electron chi connectivity index (χ1n) is 6.48. The van der Waals surface area contributed by atoms with Crippen LogP contribution in [-0.4, -0.2) is 33.6 Å². The van der Waals surface area contributed by atoms with Crippen LogP contribution in [0.5, 0.6) is 0 Å². The van der Waals surface area contributed by atoms with Crippen molar-refractivity contribution in [2.45, 2.75) is 38.3 Å². The summed E-state index contributed by atoms with van der Waals surface area (Å²) in [6.07, 6.45) is 0. The van der Waals surface area contributed by atoms with Crippen LogP contribution in [-0.2, 0) is 14.3 Å². The lowest BCUT2D eigenvalue weighted by Gasteiger charge is -2.26. The maximum Gasteiger partial charge on any atom is 0.321 e. The van der Waals surface area contributed by atoms with Gasteiger partial charge in [-0.05, 0) is 26.3 Å². The number of nitrogens with zero attached hydrogens (tertiary/aromatic N) is 1. The molecule has 0 fully saturated rings. The molecule has 0 aliphatic rings. The van der Waals surface area contributed by atoms with Crippen molar-refractivity contribution in [2.75, 3.05) is 0 Å². The average Bonchev–Trinajstić information content (AvgIpc) is 2.37. The molecule has 0 saturated heterocycles. The molecule has 1 aromatic carbocycles. The van der Waals surface area contributed by atoms with E-state index in [4.69, 9.17) is 15.6 Å². The summed E-state index contributed by atoms with van der Waals surface area (Å²) in [4.78, 5) is 33.4. The molecule has 3 N–H and O–H groups in total. The van der Waals surface area contributed by atoms with Gasteiger partial charge < -0.3 is 15.6 Å². The van der Waals surface area contributed by atoms with Gasteiger partial charge in [0.25, 0.3) is 5.69 Å². The number of hydrogen-bond acceptors (Lipinski definition) is 6. The molecule has 0 aliphatic heterocycles. The van der Waals surface area contributed by atoms with E-state index in [2.05, 4.69) is 0 Å². The first-order chi connectivity index (χ1) is 10.0. The summed E-state index contributed by atoms with van der Waals surface area (Å²) >= 11 is 0. The summed E-state index contributed by atoms with van der Waals surface area (Å²) in [7, 11) is 0. The fraction of sp³-hybridized carbons (Fsp3) is 0.429. The molecular formula is C14H18N2O6. The van der Waals surface area contributed by atoms with Crippen LogP contribution in [0.3, 0.4) is 0 Å². The molecule has 0 spiro atoms. The Balaban J connectivity index is 3.17. The van der Waals surface area contributed by atoms with Crippen molar-refractivity contribution in [1.82, 2.24) is 0 Å². The molecule has 0 aliphatic carbocycles. The minimum absolute atomic E-state index is 0.171. The van der Waals surface area contributed by atoms with Crippen molar-refractivity contribution in [1.29, 1.82) is 0 Å². The Morgan fingerprint density at radius 1 is 1.27 bits per heavy atom. The number of carbonyl (C=O) groups excluding carboxylic acids is 1. The number of benzene rings is 1. The summed E-state index contributed by atoms with van der Waals surface area (Å²) in [6.45, 7) is 4.93. The number of nitro groups is 1. The van der Waals surface area contributed by atoms with Gasteiger partial charge in [-0.1, -0.05) is 12.1 Å². The number of non-ortho nitro benzene ring substituents is 1. The highest BCUT2D eigenvalue weighted by atomic mass is 16.6. The van der Waals surface area contributed by atoms with Gasteiger partial charge >= 0.3 is 11.9 Å². The quantitative estimate of drug-likeness (QED) is 0.477. The zero-order valence-electron chi connectivity index (χ0n) is 12.5. The maximum atomic E-state index is 12.2. The number of ether oxygens (including phenoxy) is 1. The summed E-state index contributed by atoms with van der Waals surface area (Å²) in [5.74, 6) is -3.41. The third kappa shape index (κ3) is 4.52. The van der Waals surface area contributed by atoms with E-state index < -0.39 is 34.4 Å². The molecule has 1 rings (SSSR count). The number of aliphatic carboxylic acids is 1. The van der Waals surface area contributed by atoms with Crippen LogP contribution in [0.1, 0.15) is 32.3 Å². The summed E-state index contributed by atoms with van der Waals surface area (Å²) < 4.78 is 5.19. The van der Waals surface area contributed by atoms with Gasteiger partial charge in [-0.3, -0.25) is 19.7 Å². The SMILES string of the molecule is CC(C)(C)OC(=O)C(c1ccc([N+](=O)[O-])cc1)[C@@H](N)C(=O)O. The van der Waals surface area contributed by atoms with Crippen molar-refractivity contribution < 1.29 is 24.4 Å². The number of esters is 1. The van der Waals surface area contributed by atoms with Crippen LogP contribution >= 0.6 is 0 Å². The van der Waals surface area contributed by atoms with Gasteiger partial charge in [0.15, 0.2) is 0 Å². The largest absolute Gasteiger partial charge is 0.480 e. The van der Waals surface area contributed by atoms with Crippen molar-refractivity contribution >= 4 is 17.6 Å². The molecule has 1 aromatic rings. The first-order valence-corrected chi connectivity index (χ1v) is 6.48. The van der Waals surface area contributed by atoms with Crippen molar-refractivity contribution in [3.8, 4) is 0 Å². The second-order valence-electron chi connectivity index (χ2n) is 5.72. The average molecular weight is 310 g/mol. The van der Waals surface area contributed by atoms with E-state index in [1.54, 1.807) is 20.8 Å². The number of hydrogen-bond donors (Lipinski definition) is 2. The zero-order chi connectivity index (χ0) is 17.1. The third-order valence-corrected chi connectivity index (χ3v) is 2.77. The fourth-order valence-electron chi connectivity index (χ4n) is 1.80. The Hall–Kier alpha value is -2.48. The van der Waals surface area contributed by atoms with Gasteiger partial charge in [0.1, 0.15) is 17.6 Å². The molecule has 0 bridgehead atoms. The highest BCUT2D eigenvalue weighted by Gasteiger charge is 2.35. The minimum atomic E-state index is -1.52. The van der Waals surface area contributed by atoms with Gasteiger partial charge in [0.05, 0.1) is 4.92 Å². The topological polar surface area (TPSA) is 133 Å². The normalized spacial score (nSPS) is 14.0. The summed E-state index contributed by atoms with van der Waals surface area (Å²) in [5.41, 5.74) is 4.84. The molecule has 22 heavy (non-hydrogen) atoms. The van der Waals surface area contributed by atoms with E-state index >= 15 is 0 Å². The van der Waals surface area contributed by atoms with Crippen molar-refractivity contribution in [3.63, 3.8) is 0 Å². The van der Waals surface area contributed by atoms with Crippen LogP contribution < -0.4 is 5.73 Å². The number of rotatable bonds is 5. The van der Waals surface area contributed by atoms with E-state index in [1.807, 2.05) is 0 Å². The van der Waals surface area contributed by atoms with Gasteiger partial charge in [0, 0.05) is 12.1 Å². The molecule has 0 heterocycles. The van der Waals surface area contributed by atoms with E-state index in [0.717, 1.165) is 0 Å². The second-order valence-corrected chi connectivity index (χ2v) is 5.72. The van der Waals surface area contributed by atoms with Crippen LogP contribution in [0, 0.1) is 10.1 Å². The number of nitro benzene ring substituents is 1. The number of carboxylic acids is 1. The Kier molecular flexibility index (Phi) is 5.21. The third-order valence-electron chi connectivity index (χ3n) is 2.77. The lowest BCUT2D eigenvalue weighted by molar-refractivity contribution is -0.384. The van der Waals surface area contributed by atoms with Gasteiger partial charge in [0.2, 0.25) is 0 Å². The highest BCUT2D eigenvalue weighted by molar-refractivity contribution is 5.88. The minimum Gasteiger partial charge on any atom is -0.480 e. The smallest absolute Gasteiger partial charge is 0.321 e. The Morgan fingerprint density at radius 3 is 2.14 bits per heavy atom. The molecule has 8 heteroatoms. The van der Waals surface area contributed by atoms with Crippen LogP contribution in [0.25, 0.3) is 0 Å². The van der Waals surface area contributed by atoms with Crippen molar-refractivity contribution in [2.24, 2.45) is 5.73 Å². The molecular weight excluding hydrogens is 292 g/mol. The van der Waals surface area contributed by atoms with Gasteiger partial charge in [-0.25, -0.2) is 0 Å². The second kappa shape index (κ2) is 6.52. The summed E-state index contributed by atoms with van der Waals surface area (Å²) in [5, 5.41) is 19.7. The fourth-order valence-corrected chi connectivity index (χ4v) is 1.80. The van der Waals surface area contributed by atoms with E-state index in [1.165, 1.54) is 24.3 Å². The zero-order valence-corrected chi connectivity index (χ0v) is 12.5. The van der Waals surface area contributed by atoms with Crippen LogP contribution in [0.15, 0.2) is 24.3 Å². The van der Waals surface area contributed by atoms with E-state index in [-0.39, 0.29) is 11.3 Å². The Bertz CT molecular complexity index is 576. The lowest BCUT2D eigenvalue weighted by atomic mass is 9.91. The predicted molar refractivity (Wildman–Crippen MR) is 77.3 cm³/mol. The van der Waals surface area contributed by atoms with E-state index in [0.29, 0.717) is 0 Å². The molecule has 0 aromatic heterocycles. The number of carbonyl (C=O) groups is 2. The number of carboxylic acid groups (broad SMARTS) is 1. The lowest BCUT2D eigenvalue weighted by Crippen LogP contribution is -2.42. The first kappa shape index (κ1) is 17.6. The van der Waals surface area contributed by atoms with Crippen molar-refractivity contribution in [3.05, 3.63) is 39.9 Å². The highest BCUT2D eigenvalue weighted by Crippen LogP contribution is 2.25. The molecule has 8 nitrogen and oxygen atoms in total.